The summed E-state index contributed by atoms with van der Waals surface area (Å²) in [6, 6.07) is 12.1. The number of carbonyl (C=O) groups is 1. The van der Waals surface area contributed by atoms with Crippen LogP contribution in [0.15, 0.2) is 48.8 Å². The Morgan fingerprint density at radius 3 is 2.71 bits per heavy atom. The molecular formula is C17H21N3O. The number of anilines is 1. The van der Waals surface area contributed by atoms with Crippen molar-refractivity contribution >= 4 is 11.6 Å². The van der Waals surface area contributed by atoms with Crippen molar-refractivity contribution in [3.8, 4) is 0 Å². The predicted octanol–water partition coefficient (Wildman–Crippen LogP) is 2.80. The van der Waals surface area contributed by atoms with Gasteiger partial charge in [0.05, 0.1) is 0 Å². The van der Waals surface area contributed by atoms with Crippen LogP contribution in [0.2, 0.25) is 0 Å². The van der Waals surface area contributed by atoms with Gasteiger partial charge in [0.2, 0.25) is 5.91 Å². The fourth-order valence-corrected chi connectivity index (χ4v) is 2.73. The molecule has 1 atom stereocenters. The Balaban J connectivity index is 1.60. The summed E-state index contributed by atoms with van der Waals surface area (Å²) in [6.07, 6.45) is 6.65. The number of carbonyl (C=O) groups excluding carboxylic acids is 1. The third kappa shape index (κ3) is 3.52. The van der Waals surface area contributed by atoms with Gasteiger partial charge in [0, 0.05) is 24.1 Å². The fraction of sp³-hybridized carbons (Fsp3) is 0.353. The van der Waals surface area contributed by atoms with Crippen molar-refractivity contribution in [3.05, 3.63) is 54.4 Å². The summed E-state index contributed by atoms with van der Waals surface area (Å²) < 4.78 is 1.94. The highest BCUT2D eigenvalue weighted by atomic mass is 16.1. The Kier molecular flexibility index (Phi) is 4.06. The first-order valence-electron chi connectivity index (χ1n) is 7.44. The number of para-hydroxylation sites is 1. The van der Waals surface area contributed by atoms with Crippen LogP contribution in [0.1, 0.15) is 24.4 Å². The van der Waals surface area contributed by atoms with Gasteiger partial charge in [-0.25, -0.2) is 0 Å². The van der Waals surface area contributed by atoms with E-state index in [0.717, 1.165) is 11.6 Å². The second kappa shape index (κ2) is 6.14. The molecule has 4 nitrogen and oxygen atoms in total. The monoisotopic (exact) mass is 283 g/mol. The number of aromatic nitrogens is 1. The molecule has 2 aromatic rings. The summed E-state index contributed by atoms with van der Waals surface area (Å²) in [5.41, 5.74) is 2.11. The van der Waals surface area contributed by atoms with E-state index in [9.17, 15) is 4.79 Å². The van der Waals surface area contributed by atoms with Gasteiger partial charge in [0.25, 0.3) is 0 Å². The van der Waals surface area contributed by atoms with Crippen LogP contribution < -0.4 is 10.6 Å². The van der Waals surface area contributed by atoms with Gasteiger partial charge in [-0.15, -0.1) is 0 Å². The third-order valence-corrected chi connectivity index (χ3v) is 3.92. The van der Waals surface area contributed by atoms with Gasteiger partial charge in [-0.05, 0) is 49.6 Å². The molecule has 2 N–H and O–H groups in total. The smallest absolute Gasteiger partial charge is 0.244 e. The fourth-order valence-electron chi connectivity index (χ4n) is 2.73. The van der Waals surface area contributed by atoms with Gasteiger partial charge >= 0.3 is 0 Å². The number of rotatable bonds is 6. The van der Waals surface area contributed by atoms with E-state index in [-0.39, 0.29) is 5.91 Å². The molecule has 1 aliphatic rings. The number of nitrogens with one attached hydrogen (secondary N) is 2. The molecule has 21 heavy (non-hydrogen) atoms. The minimum atomic E-state index is -0.00391. The van der Waals surface area contributed by atoms with Crippen LogP contribution in [0.3, 0.4) is 0 Å². The van der Waals surface area contributed by atoms with Gasteiger partial charge < -0.3 is 15.2 Å². The minimum Gasteiger partial charge on any atom is -0.345 e. The number of hydrogen-bond donors (Lipinski definition) is 2. The largest absolute Gasteiger partial charge is 0.345 e. The van der Waals surface area contributed by atoms with E-state index in [1.165, 1.54) is 18.4 Å². The Morgan fingerprint density at radius 1 is 1.29 bits per heavy atom. The molecule has 1 fully saturated rings. The molecule has 0 spiro atoms. The summed E-state index contributed by atoms with van der Waals surface area (Å²) in [5.74, 6) is 0.750. The Labute approximate surface area is 125 Å². The predicted molar refractivity (Wildman–Crippen MR) is 84.0 cm³/mol. The zero-order chi connectivity index (χ0) is 14.7. The van der Waals surface area contributed by atoms with Crippen molar-refractivity contribution in [3.63, 3.8) is 0 Å². The molecule has 3 rings (SSSR count). The molecule has 1 amide bonds. The maximum absolute atomic E-state index is 12.0. The van der Waals surface area contributed by atoms with E-state index in [2.05, 4.69) is 22.9 Å². The molecule has 1 unspecified atom stereocenters. The average Bonchev–Trinajstić information content (AvgIpc) is 3.21. The number of amides is 1. The molecule has 0 bridgehead atoms. The van der Waals surface area contributed by atoms with Crippen LogP contribution in [0, 0.1) is 5.92 Å². The van der Waals surface area contributed by atoms with Crippen molar-refractivity contribution in [2.24, 2.45) is 5.92 Å². The van der Waals surface area contributed by atoms with Crippen LogP contribution in [-0.4, -0.2) is 17.5 Å². The van der Waals surface area contributed by atoms with E-state index in [0.29, 0.717) is 12.6 Å². The molecule has 1 aliphatic carbocycles. The molecule has 0 aliphatic heterocycles. The molecule has 1 heterocycles. The first kappa shape index (κ1) is 13.9. The summed E-state index contributed by atoms with van der Waals surface area (Å²) in [6.45, 7) is 0.343. The highest BCUT2D eigenvalue weighted by Crippen LogP contribution is 2.40. The first-order chi connectivity index (χ1) is 10.3. The molecule has 0 radical (unpaired) electrons. The lowest BCUT2D eigenvalue weighted by molar-refractivity contribution is -0.116. The maximum Gasteiger partial charge on any atom is 0.244 e. The van der Waals surface area contributed by atoms with E-state index in [1.54, 1.807) is 0 Å². The van der Waals surface area contributed by atoms with Crippen molar-refractivity contribution in [2.45, 2.75) is 25.4 Å². The molecular weight excluding hydrogens is 262 g/mol. The van der Waals surface area contributed by atoms with E-state index >= 15 is 0 Å². The molecule has 110 valence electrons. The van der Waals surface area contributed by atoms with Gasteiger partial charge in [0.15, 0.2) is 0 Å². The van der Waals surface area contributed by atoms with Crippen molar-refractivity contribution in [1.29, 1.82) is 0 Å². The molecule has 1 aromatic carbocycles. The summed E-state index contributed by atoms with van der Waals surface area (Å²) in [7, 11) is 2.00. The summed E-state index contributed by atoms with van der Waals surface area (Å²) >= 11 is 0. The van der Waals surface area contributed by atoms with Crippen molar-refractivity contribution in [2.75, 3.05) is 12.4 Å². The zero-order valence-corrected chi connectivity index (χ0v) is 12.3. The number of benzene rings is 1. The normalized spacial score (nSPS) is 15.7. The van der Waals surface area contributed by atoms with E-state index < -0.39 is 0 Å². The average molecular weight is 283 g/mol. The van der Waals surface area contributed by atoms with E-state index in [4.69, 9.17) is 0 Å². The molecule has 4 heteroatoms. The lowest BCUT2D eigenvalue weighted by atomic mass is 10.1. The van der Waals surface area contributed by atoms with Crippen LogP contribution in [0.5, 0.6) is 0 Å². The van der Waals surface area contributed by atoms with E-state index in [1.807, 2.05) is 48.1 Å². The first-order valence-corrected chi connectivity index (χ1v) is 7.44. The van der Waals surface area contributed by atoms with Gasteiger partial charge in [0.1, 0.15) is 6.54 Å². The topological polar surface area (TPSA) is 46.1 Å². The highest BCUT2D eigenvalue weighted by Gasteiger charge is 2.31. The lowest BCUT2D eigenvalue weighted by Crippen LogP contribution is -2.19. The highest BCUT2D eigenvalue weighted by molar-refractivity contribution is 5.90. The van der Waals surface area contributed by atoms with Crippen LogP contribution in [0.4, 0.5) is 5.69 Å². The zero-order valence-electron chi connectivity index (χ0n) is 12.3. The summed E-state index contributed by atoms with van der Waals surface area (Å²) in [4.78, 5) is 12.0. The second-order valence-corrected chi connectivity index (χ2v) is 5.64. The van der Waals surface area contributed by atoms with Gasteiger partial charge in [-0.1, -0.05) is 18.2 Å². The van der Waals surface area contributed by atoms with Crippen LogP contribution >= 0.6 is 0 Å². The van der Waals surface area contributed by atoms with Crippen LogP contribution in [-0.2, 0) is 11.3 Å². The quantitative estimate of drug-likeness (QED) is 0.856. The van der Waals surface area contributed by atoms with Crippen molar-refractivity contribution < 1.29 is 4.79 Å². The maximum atomic E-state index is 12.0. The Bertz CT molecular complexity index is 602. The number of nitrogens with zero attached hydrogens (tertiary/aromatic N) is 1. The minimum absolute atomic E-state index is 0.00391. The Morgan fingerprint density at radius 2 is 2.05 bits per heavy atom. The van der Waals surface area contributed by atoms with Gasteiger partial charge in [-0.2, -0.15) is 0 Å². The second-order valence-electron chi connectivity index (χ2n) is 5.64. The SMILES string of the molecule is CNC(c1ccn(CC(=O)Nc2ccccc2)c1)C1CC1. The molecule has 1 saturated carbocycles. The van der Waals surface area contributed by atoms with Crippen molar-refractivity contribution in [1.82, 2.24) is 9.88 Å². The standard InChI is InChI=1S/C17H21N3O/c1-18-17(13-7-8-13)14-9-10-20(11-14)12-16(21)19-15-5-3-2-4-6-15/h2-6,9-11,13,17-18H,7-8,12H2,1H3,(H,19,21). The molecule has 1 aromatic heterocycles. The molecule has 0 saturated heterocycles. The lowest BCUT2D eigenvalue weighted by Gasteiger charge is -2.13. The Hall–Kier alpha value is -2.07. The van der Waals surface area contributed by atoms with Gasteiger partial charge in [-0.3, -0.25) is 4.79 Å². The summed E-state index contributed by atoms with van der Waals surface area (Å²) in [5, 5.41) is 6.28. The number of hydrogen-bond acceptors (Lipinski definition) is 2. The van der Waals surface area contributed by atoms with Crippen LogP contribution in [0.25, 0.3) is 0 Å². The third-order valence-electron chi connectivity index (χ3n) is 3.92.